The van der Waals surface area contributed by atoms with E-state index in [0.717, 1.165) is 49.9 Å². The average Bonchev–Trinajstić information content (AvgIpc) is 0.789. The summed E-state index contributed by atoms with van der Waals surface area (Å²) >= 11 is 76.4. The molecule has 0 bridgehead atoms. The molecule has 0 saturated heterocycles. The highest BCUT2D eigenvalue weighted by molar-refractivity contribution is 9.08. The first-order valence-electron chi connectivity index (χ1n) is 36.0. The van der Waals surface area contributed by atoms with Crippen molar-refractivity contribution in [1.29, 1.82) is 0 Å². The Morgan fingerprint density at radius 2 is 0.538 bits per heavy atom. The molecule has 0 N–H and O–H groups in total. The van der Waals surface area contributed by atoms with E-state index in [4.69, 9.17) is 190 Å². The van der Waals surface area contributed by atoms with Gasteiger partial charge >= 0.3 is 6.36 Å². The molecule has 0 amide bonds. The fourth-order valence-corrected chi connectivity index (χ4v) is 13.3. The molecule has 662 valence electrons. The number of halogens is 21. The van der Waals surface area contributed by atoms with Crippen molar-refractivity contribution in [2.75, 3.05) is 0 Å². The summed E-state index contributed by atoms with van der Waals surface area (Å²) in [7, 11) is 0. The molecule has 132 heavy (non-hydrogen) atoms. The third-order valence-corrected chi connectivity index (χ3v) is 20.4. The number of terminal acetylenes is 5. The zero-order valence-electron chi connectivity index (χ0n) is 69.3. The summed E-state index contributed by atoms with van der Waals surface area (Å²) in [5.41, 5.74) is 13.8. The molecule has 5 nitrogen and oxygen atoms in total. The fraction of sp³-hybridized carbons (Fsp3) is 0.181. The van der Waals surface area contributed by atoms with Crippen molar-refractivity contribution in [3.8, 4) is 292 Å². The van der Waals surface area contributed by atoms with Crippen molar-refractivity contribution in [1.82, 2.24) is 0 Å². The number of benzene rings is 7. The highest BCUT2D eigenvalue weighted by Gasteiger charge is 2.33. The monoisotopic (exact) mass is 2140 g/mol. The highest BCUT2D eigenvalue weighted by atomic mass is 79.9. The summed E-state index contributed by atoms with van der Waals surface area (Å²) < 4.78 is 114. The molecule has 0 aliphatic carbocycles. The maximum Gasteiger partial charge on any atom is 0.573 e. The van der Waals surface area contributed by atoms with Crippen molar-refractivity contribution in [2.45, 2.75) is 120 Å². The topological polar surface area (TPSA) is 46.2 Å². The lowest BCUT2D eigenvalue weighted by molar-refractivity contribution is -0.274. The molecule has 7 aromatic rings. The predicted molar refractivity (Wildman–Crippen MR) is 535 cm³/mol. The Morgan fingerprint density at radius 1 is 0.280 bits per heavy atom. The van der Waals surface area contributed by atoms with Gasteiger partial charge in [0.05, 0.1) is 35.3 Å². The largest absolute Gasteiger partial charge is 0.573 e. The van der Waals surface area contributed by atoms with Gasteiger partial charge in [-0.3, -0.25) is 0 Å². The lowest BCUT2D eigenvalue weighted by Crippen LogP contribution is -2.18. The molecule has 0 spiro atoms. The third kappa shape index (κ3) is 47.8. The van der Waals surface area contributed by atoms with Gasteiger partial charge < -0.3 is 23.7 Å². The van der Waals surface area contributed by atoms with Crippen LogP contribution in [0.15, 0.2) is 89.8 Å². The van der Waals surface area contributed by atoms with Crippen LogP contribution in [-0.2, 0) is 81.2 Å². The number of ether oxygens (including phenoxy) is 5. The van der Waals surface area contributed by atoms with Crippen molar-refractivity contribution in [3.05, 3.63) is 208 Å². The third-order valence-electron chi connectivity index (χ3n) is 14.9. The van der Waals surface area contributed by atoms with E-state index >= 15 is 0 Å². The van der Waals surface area contributed by atoms with Crippen LogP contribution < -0.4 is 23.7 Å². The van der Waals surface area contributed by atoms with Crippen LogP contribution in [0.1, 0.15) is 100 Å². The summed E-state index contributed by atoms with van der Waals surface area (Å²) in [5, 5.41) is 4.35. The highest BCUT2D eigenvalue weighted by Crippen LogP contribution is 2.36. The van der Waals surface area contributed by atoms with Crippen molar-refractivity contribution < 1.29 is 54.4 Å². The molecular weight excluding hydrogens is 2090 g/mol. The van der Waals surface area contributed by atoms with Gasteiger partial charge in [-0.25, -0.2) is 17.6 Å². The van der Waals surface area contributed by atoms with Gasteiger partial charge in [0.1, 0.15) is 53.2 Å². The Labute approximate surface area is 849 Å². The lowest BCUT2D eigenvalue weighted by atomic mass is 10.0. The molecule has 0 heterocycles. The first kappa shape index (κ1) is 118. The van der Waals surface area contributed by atoms with Crippen molar-refractivity contribution in [2.24, 2.45) is 0 Å². The van der Waals surface area contributed by atoms with Gasteiger partial charge in [0.15, 0.2) is 23.3 Å². The Hall–Kier alpha value is -11.8. The quantitative estimate of drug-likeness (QED) is 0.0249. The van der Waals surface area contributed by atoms with E-state index < -0.39 is 58.3 Å². The second kappa shape index (κ2) is 72.8. The normalized spacial score (nSPS) is 8.48. The standard InChI is InChI=1S/C28H8Cl2O2.C17H10Br2O.C17H7Cl2F3O2.C16H8Cl2S.C10H12Cl2.C9H10Cl2.C8H4Cl2F4/c1-3-5-7-9-11-13-15-17-19-31-27-21-26(24-30)28(22-25(27)23-29)32-20-18-16-14-12-10-8-6-4-2;1-3-4-5-6-7-8-9-20-17-11-15(12-18)14(2)10-16(17)13-19;1-2-3-4-5-6-7-8-23-15-9-14(12-19)16(10-13(15)11-18)24-17(20,21)22;1-2-3-4-5-6-7-10-19-16-11-14(12-17)8-9-15(16)13-18;1-7-3-10(6-12)8(2)4-9(7)5-11;1-7-4-8(5-10)2-3-9(7)6-11;9-1-3-5(11)7(13)4(2-10)8(14)6(3)12/h1-2,21-22H,23-24H2;1,10-11H,12-13H2,2H3;1,9-10H,11-12H2;1,8-9,11H,12-13H2;3-4H,5-6H2,1-2H3;2-4H,5-6H2,1H3;1-2H2. The van der Waals surface area contributed by atoms with Crippen LogP contribution in [0.5, 0.6) is 28.7 Å². The Morgan fingerprint density at radius 3 is 0.833 bits per heavy atom. The van der Waals surface area contributed by atoms with Crippen LogP contribution in [0.4, 0.5) is 30.7 Å². The number of alkyl halides is 17. The Balaban J connectivity index is 0.000000791. The molecule has 0 radical (unpaired) electrons. The number of rotatable bonds is 20. The lowest BCUT2D eigenvalue weighted by Gasteiger charge is -2.14. The van der Waals surface area contributed by atoms with Gasteiger partial charge in [-0.15, -0.1) is 184 Å². The van der Waals surface area contributed by atoms with E-state index in [1.807, 2.05) is 43.3 Å². The Kier molecular flexibility index (Phi) is 65.2. The summed E-state index contributed by atoms with van der Waals surface area (Å²) in [4.78, 5) is 0.997. The molecule has 0 saturated carbocycles. The summed E-state index contributed by atoms with van der Waals surface area (Å²) in [6.07, 6.45) is 29.6. The van der Waals surface area contributed by atoms with Crippen LogP contribution in [0.3, 0.4) is 0 Å². The molecule has 0 unspecified atom stereocenters. The SMILES string of the molecule is C#CC#CC#CC#CC#COc1cc(CCl)c(OC#CC#CC#CC#CC#C)cc1CCl.C#CC#CC#CC#COc1cc(CBr)c(C)cc1CBr.C#CC#CC#CC#COc1cc(CCl)c(OC(F)(F)F)cc1CCl.C#CC#CC#CC#CSc1cc(CCl)ccc1CCl.Cc1cc(CCl)c(C)cc1CCl.Cc1cc(CCl)ccc1CCl.Fc1c(F)c(CCl)c(F)c(F)c1CCl. The van der Waals surface area contributed by atoms with Crippen LogP contribution in [0.25, 0.3) is 0 Å². The van der Waals surface area contributed by atoms with Gasteiger partial charge in [0.2, 0.25) is 0 Å². The van der Waals surface area contributed by atoms with Crippen LogP contribution in [0.2, 0.25) is 0 Å². The van der Waals surface area contributed by atoms with E-state index in [9.17, 15) is 30.7 Å². The van der Waals surface area contributed by atoms with Gasteiger partial charge in [0.25, 0.3) is 0 Å². The molecule has 0 aliphatic heterocycles. The first-order chi connectivity index (χ1) is 63.7. The minimum atomic E-state index is -4.85. The number of thioether (sulfide) groups is 1. The molecule has 0 atom stereocenters. The zero-order valence-corrected chi connectivity index (χ0v) is 82.3. The van der Waals surface area contributed by atoms with E-state index in [1.165, 1.54) is 56.8 Å². The minimum Gasteiger partial charge on any atom is -0.406 e. The van der Waals surface area contributed by atoms with Crippen molar-refractivity contribution >= 4 is 183 Å². The van der Waals surface area contributed by atoms with Crippen LogP contribution >= 0.6 is 183 Å². The molecule has 0 aliphatic rings. The Bertz CT molecular complexity index is 6480. The number of hydrogen-bond acceptors (Lipinski definition) is 6. The average molecular weight is 2150 g/mol. The maximum absolute atomic E-state index is 13.0. The second-order valence-electron chi connectivity index (χ2n) is 23.4. The molecule has 27 heteroatoms. The summed E-state index contributed by atoms with van der Waals surface area (Å²) in [6, 6.07) is 26.0. The summed E-state index contributed by atoms with van der Waals surface area (Å²) in [6.45, 7) is 8.24. The summed E-state index contributed by atoms with van der Waals surface area (Å²) in [5.74, 6) is 79.0. The molecular formula is C105H59Br2Cl12F7O5S. The molecule has 7 aromatic carbocycles. The van der Waals surface area contributed by atoms with Gasteiger partial charge in [-0.2, -0.15) is 0 Å². The number of aryl methyl sites for hydroxylation is 4. The second-order valence-corrected chi connectivity index (χ2v) is 28.6. The van der Waals surface area contributed by atoms with E-state index in [1.54, 1.807) is 12.1 Å². The van der Waals surface area contributed by atoms with Crippen LogP contribution in [-0.4, -0.2) is 6.36 Å². The first-order valence-corrected chi connectivity index (χ1v) is 45.5. The maximum atomic E-state index is 13.0. The minimum absolute atomic E-state index is 0.0747. The van der Waals surface area contributed by atoms with Crippen LogP contribution in [0, 0.1) is 314 Å². The van der Waals surface area contributed by atoms with E-state index in [-0.39, 0.29) is 40.4 Å². The zero-order chi connectivity index (χ0) is 98.3. The van der Waals surface area contributed by atoms with Gasteiger partial charge in [0, 0.05) is 173 Å². The van der Waals surface area contributed by atoms with E-state index in [0.29, 0.717) is 63.2 Å². The van der Waals surface area contributed by atoms with Gasteiger partial charge in [-0.05, 0) is 261 Å². The van der Waals surface area contributed by atoms with Crippen molar-refractivity contribution in [3.63, 3.8) is 0 Å². The molecule has 0 aromatic heterocycles. The smallest absolute Gasteiger partial charge is 0.406 e. The molecule has 0 fully saturated rings. The van der Waals surface area contributed by atoms with Gasteiger partial charge in [-0.1, -0.05) is 80.4 Å². The fourth-order valence-electron chi connectivity index (χ4n) is 8.71. The number of hydrogen-bond donors (Lipinski definition) is 0. The van der Waals surface area contributed by atoms with E-state index in [2.05, 4.69) is 313 Å². The molecule has 7 rings (SSSR count). The predicted octanol–water partition coefficient (Wildman–Crippen LogP) is 25.8.